The van der Waals surface area contributed by atoms with Crippen molar-refractivity contribution in [2.75, 3.05) is 21.3 Å². The van der Waals surface area contributed by atoms with Crippen LogP contribution in [0.5, 0.6) is 17.2 Å². The highest BCUT2D eigenvalue weighted by atomic mass is 16.5. The maximum Gasteiger partial charge on any atom is 0.203 e. The van der Waals surface area contributed by atoms with Crippen molar-refractivity contribution in [1.29, 1.82) is 0 Å². The van der Waals surface area contributed by atoms with Gasteiger partial charge in [-0.15, -0.1) is 0 Å². The number of methoxy groups -OCH3 is 3. The molecule has 0 aliphatic rings. The summed E-state index contributed by atoms with van der Waals surface area (Å²) in [6, 6.07) is 3.89. The maximum absolute atomic E-state index is 6.30. The fraction of sp³-hybridized carbons (Fsp3) is 0.647. The van der Waals surface area contributed by atoms with Gasteiger partial charge in [-0.1, -0.05) is 39.0 Å². The zero-order valence-electron chi connectivity index (χ0n) is 13.8. The van der Waals surface area contributed by atoms with Crippen LogP contribution in [-0.2, 0) is 0 Å². The van der Waals surface area contributed by atoms with Crippen molar-refractivity contribution in [2.24, 2.45) is 5.73 Å². The first kappa shape index (κ1) is 17.6. The minimum Gasteiger partial charge on any atom is -0.493 e. The van der Waals surface area contributed by atoms with Crippen molar-refractivity contribution in [3.05, 3.63) is 17.7 Å². The van der Waals surface area contributed by atoms with E-state index in [1.165, 1.54) is 25.7 Å². The van der Waals surface area contributed by atoms with E-state index in [1.807, 2.05) is 12.1 Å². The summed E-state index contributed by atoms with van der Waals surface area (Å²) in [7, 11) is 4.85. The van der Waals surface area contributed by atoms with Crippen molar-refractivity contribution in [1.82, 2.24) is 0 Å². The lowest BCUT2D eigenvalue weighted by molar-refractivity contribution is 0.323. The molecule has 0 heterocycles. The molecule has 0 bridgehead atoms. The Bertz CT molecular complexity index is 395. The monoisotopic (exact) mass is 295 g/mol. The van der Waals surface area contributed by atoms with Crippen LogP contribution in [0.1, 0.15) is 57.1 Å². The maximum atomic E-state index is 6.30. The molecule has 0 saturated carbocycles. The van der Waals surface area contributed by atoms with Crippen LogP contribution in [0, 0.1) is 0 Å². The summed E-state index contributed by atoms with van der Waals surface area (Å²) in [6.45, 7) is 2.22. The molecule has 0 aliphatic heterocycles. The summed E-state index contributed by atoms with van der Waals surface area (Å²) in [5.74, 6) is 1.93. The number of nitrogens with two attached hydrogens (primary N) is 1. The smallest absolute Gasteiger partial charge is 0.203 e. The van der Waals surface area contributed by atoms with E-state index in [0.29, 0.717) is 17.2 Å². The van der Waals surface area contributed by atoms with Crippen LogP contribution in [0.2, 0.25) is 0 Å². The van der Waals surface area contributed by atoms with Crippen LogP contribution in [-0.4, -0.2) is 21.3 Å². The van der Waals surface area contributed by atoms with Gasteiger partial charge in [0.15, 0.2) is 11.5 Å². The molecular formula is C17H29NO3. The Morgan fingerprint density at radius 3 is 1.95 bits per heavy atom. The molecule has 4 heteroatoms. The van der Waals surface area contributed by atoms with Gasteiger partial charge in [-0.05, 0) is 24.1 Å². The van der Waals surface area contributed by atoms with Gasteiger partial charge in [-0.3, -0.25) is 0 Å². The first-order valence-corrected chi connectivity index (χ1v) is 7.73. The predicted octanol–water partition coefficient (Wildman–Crippen LogP) is 4.07. The third kappa shape index (κ3) is 5.12. The Labute approximate surface area is 128 Å². The van der Waals surface area contributed by atoms with E-state index in [-0.39, 0.29) is 6.04 Å². The van der Waals surface area contributed by atoms with E-state index in [1.54, 1.807) is 21.3 Å². The number of ether oxygens (including phenoxy) is 3. The van der Waals surface area contributed by atoms with Gasteiger partial charge in [0.1, 0.15) is 0 Å². The first-order valence-electron chi connectivity index (χ1n) is 7.73. The summed E-state index contributed by atoms with van der Waals surface area (Å²) < 4.78 is 16.1. The van der Waals surface area contributed by atoms with Crippen molar-refractivity contribution < 1.29 is 14.2 Å². The van der Waals surface area contributed by atoms with Crippen LogP contribution in [0.25, 0.3) is 0 Å². The molecule has 0 radical (unpaired) electrons. The normalized spacial score (nSPS) is 12.0. The number of unbranched alkanes of at least 4 members (excludes halogenated alkanes) is 4. The number of hydrogen-bond donors (Lipinski definition) is 1. The predicted molar refractivity (Wildman–Crippen MR) is 86.4 cm³/mol. The average Bonchev–Trinajstić information content (AvgIpc) is 2.52. The lowest BCUT2D eigenvalue weighted by Gasteiger charge is -2.17. The quantitative estimate of drug-likeness (QED) is 0.661. The van der Waals surface area contributed by atoms with Gasteiger partial charge < -0.3 is 19.9 Å². The van der Waals surface area contributed by atoms with Crippen molar-refractivity contribution in [2.45, 2.75) is 51.5 Å². The Balaban J connectivity index is 2.73. The van der Waals surface area contributed by atoms with Crippen LogP contribution in [0.4, 0.5) is 0 Å². The standard InChI is InChI=1S/C17H29NO3/c1-5-6-7-8-9-10-14(18)13-11-15(19-2)17(21-4)16(12-13)20-3/h11-12,14H,5-10,18H2,1-4H3. The van der Waals surface area contributed by atoms with Gasteiger partial charge in [0.25, 0.3) is 0 Å². The van der Waals surface area contributed by atoms with E-state index in [4.69, 9.17) is 19.9 Å². The molecule has 1 rings (SSSR count). The van der Waals surface area contributed by atoms with E-state index >= 15 is 0 Å². The van der Waals surface area contributed by atoms with Crippen LogP contribution in [0.15, 0.2) is 12.1 Å². The lowest BCUT2D eigenvalue weighted by atomic mass is 9.99. The molecule has 2 N–H and O–H groups in total. The molecule has 1 atom stereocenters. The fourth-order valence-corrected chi connectivity index (χ4v) is 2.45. The van der Waals surface area contributed by atoms with Crippen LogP contribution in [0.3, 0.4) is 0 Å². The zero-order chi connectivity index (χ0) is 15.7. The van der Waals surface area contributed by atoms with Crippen LogP contribution >= 0.6 is 0 Å². The molecule has 1 unspecified atom stereocenters. The zero-order valence-corrected chi connectivity index (χ0v) is 13.8. The number of rotatable bonds is 10. The van der Waals surface area contributed by atoms with E-state index in [9.17, 15) is 0 Å². The average molecular weight is 295 g/mol. The van der Waals surface area contributed by atoms with Gasteiger partial charge >= 0.3 is 0 Å². The molecule has 0 saturated heterocycles. The SMILES string of the molecule is CCCCCCCC(N)c1cc(OC)c(OC)c(OC)c1. The number of benzene rings is 1. The summed E-state index contributed by atoms with van der Waals surface area (Å²) in [6.07, 6.45) is 7.23. The van der Waals surface area contributed by atoms with Crippen molar-refractivity contribution >= 4 is 0 Å². The molecule has 4 nitrogen and oxygen atoms in total. The second kappa shape index (κ2) is 9.50. The van der Waals surface area contributed by atoms with E-state index < -0.39 is 0 Å². The van der Waals surface area contributed by atoms with Crippen molar-refractivity contribution in [3.63, 3.8) is 0 Å². The third-order valence-corrected chi connectivity index (χ3v) is 3.73. The van der Waals surface area contributed by atoms with Gasteiger partial charge in [-0.25, -0.2) is 0 Å². The number of hydrogen-bond acceptors (Lipinski definition) is 4. The molecule has 1 aromatic rings. The second-order valence-electron chi connectivity index (χ2n) is 5.27. The highest BCUT2D eigenvalue weighted by Crippen LogP contribution is 2.39. The molecule has 0 fully saturated rings. The molecule has 0 amide bonds. The molecule has 120 valence electrons. The minimum atomic E-state index is 0.000308. The van der Waals surface area contributed by atoms with Gasteiger partial charge in [0, 0.05) is 6.04 Å². The highest BCUT2D eigenvalue weighted by molar-refractivity contribution is 5.54. The van der Waals surface area contributed by atoms with E-state index in [2.05, 4.69) is 6.92 Å². The van der Waals surface area contributed by atoms with Gasteiger partial charge in [0.05, 0.1) is 21.3 Å². The van der Waals surface area contributed by atoms with Crippen molar-refractivity contribution in [3.8, 4) is 17.2 Å². The topological polar surface area (TPSA) is 53.7 Å². The minimum absolute atomic E-state index is 0.000308. The molecule has 0 aromatic heterocycles. The fourth-order valence-electron chi connectivity index (χ4n) is 2.45. The highest BCUT2D eigenvalue weighted by Gasteiger charge is 2.16. The van der Waals surface area contributed by atoms with Crippen LogP contribution < -0.4 is 19.9 Å². The summed E-state index contributed by atoms with van der Waals surface area (Å²) in [5.41, 5.74) is 7.32. The van der Waals surface area contributed by atoms with Gasteiger partial charge in [0.2, 0.25) is 5.75 Å². The Kier molecular flexibility index (Phi) is 7.98. The summed E-state index contributed by atoms with van der Waals surface area (Å²) in [5, 5.41) is 0. The molecule has 1 aromatic carbocycles. The summed E-state index contributed by atoms with van der Waals surface area (Å²) >= 11 is 0. The molecule has 0 spiro atoms. The first-order chi connectivity index (χ1) is 10.2. The third-order valence-electron chi connectivity index (χ3n) is 3.73. The summed E-state index contributed by atoms with van der Waals surface area (Å²) in [4.78, 5) is 0. The lowest BCUT2D eigenvalue weighted by Crippen LogP contribution is -2.11. The second-order valence-corrected chi connectivity index (χ2v) is 5.27. The Hall–Kier alpha value is -1.42. The Morgan fingerprint density at radius 1 is 0.905 bits per heavy atom. The Morgan fingerprint density at radius 2 is 1.48 bits per heavy atom. The van der Waals surface area contributed by atoms with E-state index in [0.717, 1.165) is 18.4 Å². The molecule has 21 heavy (non-hydrogen) atoms. The molecule has 0 aliphatic carbocycles. The van der Waals surface area contributed by atoms with Gasteiger partial charge in [-0.2, -0.15) is 0 Å². The largest absolute Gasteiger partial charge is 0.493 e. The molecular weight excluding hydrogens is 266 g/mol.